The molecular formula is C72H137NO5. The Morgan fingerprint density at radius 1 is 0.346 bits per heavy atom. The minimum Gasteiger partial charge on any atom is -0.466 e. The molecule has 6 heteroatoms. The Hall–Kier alpha value is -1.92. The SMILES string of the molecule is CCCCCCCC/C=C\CCCCCCCCCC(=O)OCCCCCCCCCCCCCC/C=C\CCCCCCCCCCCCCCCCCCC(=O)NC(CO)C(O)/C=C/CCCCCCCCCCCC. The molecule has 2 atom stereocenters. The highest BCUT2D eigenvalue weighted by atomic mass is 16.5. The van der Waals surface area contributed by atoms with E-state index in [0.29, 0.717) is 19.4 Å². The second kappa shape index (κ2) is 67.6. The largest absolute Gasteiger partial charge is 0.466 e. The smallest absolute Gasteiger partial charge is 0.305 e. The van der Waals surface area contributed by atoms with Gasteiger partial charge in [-0.3, -0.25) is 9.59 Å². The van der Waals surface area contributed by atoms with E-state index in [1.165, 1.54) is 315 Å². The summed E-state index contributed by atoms with van der Waals surface area (Å²) < 4.78 is 5.50. The van der Waals surface area contributed by atoms with Crippen molar-refractivity contribution in [1.29, 1.82) is 0 Å². The van der Waals surface area contributed by atoms with E-state index < -0.39 is 12.1 Å². The number of rotatable bonds is 66. The van der Waals surface area contributed by atoms with E-state index in [1.54, 1.807) is 6.08 Å². The molecule has 6 nitrogen and oxygen atoms in total. The fourth-order valence-electron chi connectivity index (χ4n) is 11.0. The Balaban J connectivity index is 3.34. The first-order valence-corrected chi connectivity index (χ1v) is 35.3. The minimum absolute atomic E-state index is 0.0149. The second-order valence-electron chi connectivity index (χ2n) is 24.2. The van der Waals surface area contributed by atoms with Crippen molar-refractivity contribution < 1.29 is 24.5 Å². The standard InChI is InChI=1S/C72H137NO5/c1-3-5-7-9-11-13-15-17-18-35-39-42-46-50-54-58-62-66-72(77)78-67-63-59-55-51-47-43-40-37-34-32-30-28-26-24-22-20-19-21-23-25-27-29-31-33-36-38-41-45-49-53-57-61-65-71(76)73-69(68-74)70(75)64-60-56-52-48-44-16-14-12-10-8-6-4-2/h17-18,22,24,60,64,69-70,74-75H,3-16,19-21,23,25-59,61-63,65-68H2,1-2H3,(H,73,76)/b18-17-,24-22-,64-60+. The molecule has 0 aliphatic carbocycles. The summed E-state index contributed by atoms with van der Waals surface area (Å²) in [5.41, 5.74) is 0. The van der Waals surface area contributed by atoms with Gasteiger partial charge in [-0.05, 0) is 83.5 Å². The third-order valence-corrected chi connectivity index (χ3v) is 16.4. The fraction of sp³-hybridized carbons (Fsp3) is 0.889. The highest BCUT2D eigenvalue weighted by Gasteiger charge is 2.18. The van der Waals surface area contributed by atoms with Crippen molar-refractivity contribution in [2.24, 2.45) is 0 Å². The van der Waals surface area contributed by atoms with Crippen LogP contribution in [-0.2, 0) is 14.3 Å². The molecule has 78 heavy (non-hydrogen) atoms. The van der Waals surface area contributed by atoms with Crippen molar-refractivity contribution in [3.63, 3.8) is 0 Å². The number of esters is 1. The molecule has 0 aliphatic rings. The van der Waals surface area contributed by atoms with E-state index in [1.807, 2.05) is 6.08 Å². The van der Waals surface area contributed by atoms with Crippen molar-refractivity contribution in [3.8, 4) is 0 Å². The van der Waals surface area contributed by atoms with Gasteiger partial charge in [0.2, 0.25) is 5.91 Å². The molecule has 0 aromatic rings. The van der Waals surface area contributed by atoms with Crippen LogP contribution in [0.4, 0.5) is 0 Å². The summed E-state index contributed by atoms with van der Waals surface area (Å²) in [7, 11) is 0. The van der Waals surface area contributed by atoms with Crippen LogP contribution in [0.15, 0.2) is 36.5 Å². The van der Waals surface area contributed by atoms with Crippen molar-refractivity contribution in [1.82, 2.24) is 5.32 Å². The Morgan fingerprint density at radius 3 is 0.910 bits per heavy atom. The Morgan fingerprint density at radius 2 is 0.603 bits per heavy atom. The summed E-state index contributed by atoms with van der Waals surface area (Å²) in [6.45, 7) is 4.91. The average Bonchev–Trinajstić information content (AvgIpc) is 3.44. The van der Waals surface area contributed by atoms with E-state index in [2.05, 4.69) is 43.5 Å². The number of ether oxygens (including phenoxy) is 1. The molecule has 0 aromatic heterocycles. The Bertz CT molecular complexity index is 1260. The van der Waals surface area contributed by atoms with Crippen molar-refractivity contribution in [2.75, 3.05) is 13.2 Å². The number of carbonyl (C=O) groups excluding carboxylic acids is 2. The topological polar surface area (TPSA) is 95.9 Å². The first kappa shape index (κ1) is 76.1. The molecule has 2 unspecified atom stereocenters. The van der Waals surface area contributed by atoms with E-state index in [9.17, 15) is 19.8 Å². The van der Waals surface area contributed by atoms with Crippen molar-refractivity contribution in [2.45, 2.75) is 398 Å². The highest BCUT2D eigenvalue weighted by Crippen LogP contribution is 2.18. The van der Waals surface area contributed by atoms with Gasteiger partial charge in [0.05, 0.1) is 25.4 Å². The summed E-state index contributed by atoms with van der Waals surface area (Å²) in [5.74, 6) is -0.0498. The van der Waals surface area contributed by atoms with Crippen LogP contribution in [0.3, 0.4) is 0 Å². The van der Waals surface area contributed by atoms with Gasteiger partial charge in [0.1, 0.15) is 0 Å². The maximum absolute atomic E-state index is 12.5. The highest BCUT2D eigenvalue weighted by molar-refractivity contribution is 5.76. The van der Waals surface area contributed by atoms with Crippen LogP contribution < -0.4 is 5.32 Å². The summed E-state index contributed by atoms with van der Waals surface area (Å²) in [4.78, 5) is 24.5. The lowest BCUT2D eigenvalue weighted by atomic mass is 10.0. The summed E-state index contributed by atoms with van der Waals surface area (Å²) >= 11 is 0. The maximum Gasteiger partial charge on any atom is 0.305 e. The summed E-state index contributed by atoms with van der Waals surface area (Å²) in [6, 6.07) is -0.625. The summed E-state index contributed by atoms with van der Waals surface area (Å²) in [6.07, 6.45) is 86.6. The third-order valence-electron chi connectivity index (χ3n) is 16.4. The summed E-state index contributed by atoms with van der Waals surface area (Å²) in [5, 5.41) is 23.1. The Kier molecular flexibility index (Phi) is 65.9. The lowest BCUT2D eigenvalue weighted by Gasteiger charge is -2.20. The van der Waals surface area contributed by atoms with Crippen LogP contribution >= 0.6 is 0 Å². The lowest BCUT2D eigenvalue weighted by molar-refractivity contribution is -0.143. The zero-order valence-corrected chi connectivity index (χ0v) is 52.7. The van der Waals surface area contributed by atoms with E-state index in [4.69, 9.17) is 4.74 Å². The van der Waals surface area contributed by atoms with Gasteiger partial charge in [0.15, 0.2) is 0 Å². The average molecular weight is 1100 g/mol. The molecule has 0 radical (unpaired) electrons. The van der Waals surface area contributed by atoms with Gasteiger partial charge in [-0.1, -0.05) is 326 Å². The van der Waals surface area contributed by atoms with Gasteiger partial charge >= 0.3 is 5.97 Å². The molecule has 0 aromatic carbocycles. The molecule has 0 fully saturated rings. The number of amides is 1. The first-order valence-electron chi connectivity index (χ1n) is 35.3. The first-order chi connectivity index (χ1) is 38.5. The molecular weight excluding hydrogens is 959 g/mol. The predicted molar refractivity (Wildman–Crippen MR) is 343 cm³/mol. The predicted octanol–water partition coefficient (Wildman–Crippen LogP) is 22.7. The normalized spacial score (nSPS) is 12.7. The van der Waals surface area contributed by atoms with Gasteiger partial charge in [-0.25, -0.2) is 0 Å². The molecule has 0 spiro atoms. The van der Waals surface area contributed by atoms with E-state index in [-0.39, 0.29) is 18.5 Å². The number of nitrogens with one attached hydrogen (secondary N) is 1. The Labute approximate surface area is 487 Å². The number of aliphatic hydroxyl groups is 2. The number of hydrogen-bond acceptors (Lipinski definition) is 5. The quantitative estimate of drug-likeness (QED) is 0.0320. The number of hydrogen-bond donors (Lipinski definition) is 3. The maximum atomic E-state index is 12.5. The molecule has 0 aliphatic heterocycles. The van der Waals surface area contributed by atoms with Gasteiger partial charge in [-0.15, -0.1) is 0 Å². The van der Waals surface area contributed by atoms with Crippen molar-refractivity contribution >= 4 is 11.9 Å². The second-order valence-corrected chi connectivity index (χ2v) is 24.2. The molecule has 0 heterocycles. The van der Waals surface area contributed by atoms with Crippen LogP contribution in [0.5, 0.6) is 0 Å². The number of aliphatic hydroxyl groups excluding tert-OH is 2. The number of unbranched alkanes of at least 4 members (excludes halogenated alkanes) is 51. The van der Waals surface area contributed by atoms with Gasteiger partial charge in [-0.2, -0.15) is 0 Å². The molecule has 0 rings (SSSR count). The molecule has 3 N–H and O–H groups in total. The number of carbonyl (C=O) groups is 2. The minimum atomic E-state index is -0.841. The van der Waals surface area contributed by atoms with Crippen LogP contribution in [0.1, 0.15) is 386 Å². The number of allylic oxidation sites excluding steroid dienone is 5. The zero-order valence-electron chi connectivity index (χ0n) is 52.7. The monoisotopic (exact) mass is 1100 g/mol. The van der Waals surface area contributed by atoms with Gasteiger partial charge in [0.25, 0.3) is 0 Å². The van der Waals surface area contributed by atoms with Gasteiger partial charge in [0, 0.05) is 12.8 Å². The van der Waals surface area contributed by atoms with Crippen LogP contribution in [0.2, 0.25) is 0 Å². The van der Waals surface area contributed by atoms with Crippen LogP contribution in [0, 0.1) is 0 Å². The van der Waals surface area contributed by atoms with Gasteiger partial charge < -0.3 is 20.3 Å². The lowest BCUT2D eigenvalue weighted by Crippen LogP contribution is -2.45. The molecule has 0 bridgehead atoms. The van der Waals surface area contributed by atoms with Crippen LogP contribution in [0.25, 0.3) is 0 Å². The van der Waals surface area contributed by atoms with Crippen molar-refractivity contribution in [3.05, 3.63) is 36.5 Å². The zero-order chi connectivity index (χ0) is 56.4. The van der Waals surface area contributed by atoms with Crippen LogP contribution in [-0.4, -0.2) is 47.4 Å². The van der Waals surface area contributed by atoms with E-state index in [0.717, 1.165) is 44.9 Å². The molecule has 0 saturated heterocycles. The molecule has 1 amide bonds. The third kappa shape index (κ3) is 63.3. The molecule has 460 valence electrons. The molecule has 0 saturated carbocycles. The fourth-order valence-corrected chi connectivity index (χ4v) is 11.0. The van der Waals surface area contributed by atoms with E-state index >= 15 is 0 Å².